The first kappa shape index (κ1) is 55.5. The van der Waals surface area contributed by atoms with Gasteiger partial charge >= 0.3 is 0 Å². The zero-order valence-electron chi connectivity index (χ0n) is 51.1. The van der Waals surface area contributed by atoms with Crippen molar-refractivity contribution in [1.29, 1.82) is 0 Å². The average Bonchev–Trinajstić information content (AvgIpc) is 1.53. The molecule has 2 nitrogen and oxygen atoms in total. The highest BCUT2D eigenvalue weighted by molar-refractivity contribution is 5.98. The number of fused-ring (bicyclic) bond motifs is 4. The monoisotopic (exact) mass is 1170 g/mol. The van der Waals surface area contributed by atoms with E-state index in [0.29, 0.717) is 0 Å². The summed E-state index contributed by atoms with van der Waals surface area (Å²) in [6, 6.07) is 136. The lowest BCUT2D eigenvalue weighted by atomic mass is 9.67. The van der Waals surface area contributed by atoms with Crippen LogP contribution < -0.4 is 9.80 Å². The summed E-state index contributed by atoms with van der Waals surface area (Å²) >= 11 is 0. The van der Waals surface area contributed by atoms with Gasteiger partial charge in [0, 0.05) is 34.1 Å². The van der Waals surface area contributed by atoms with Crippen LogP contribution in [0.15, 0.2) is 370 Å². The van der Waals surface area contributed by atoms with Crippen molar-refractivity contribution in [3.8, 4) is 77.9 Å². The number of hydrogen-bond acceptors (Lipinski definition) is 2. The van der Waals surface area contributed by atoms with Crippen LogP contribution in [0.5, 0.6) is 0 Å². The van der Waals surface area contributed by atoms with Gasteiger partial charge in [-0.2, -0.15) is 0 Å². The van der Waals surface area contributed by atoms with Crippen molar-refractivity contribution in [2.75, 3.05) is 9.80 Å². The van der Waals surface area contributed by atoms with Crippen LogP contribution in [0.3, 0.4) is 0 Å². The molecule has 0 atom stereocenters. The van der Waals surface area contributed by atoms with Crippen molar-refractivity contribution in [3.63, 3.8) is 0 Å². The number of rotatable bonds is 14. The summed E-state index contributed by atoms with van der Waals surface area (Å²) in [5.41, 5.74) is 28.9. The van der Waals surface area contributed by atoms with Crippen molar-refractivity contribution in [2.45, 2.75) is 12.3 Å². The maximum absolute atomic E-state index is 2.46. The van der Waals surface area contributed by atoms with Crippen LogP contribution in [-0.4, -0.2) is 0 Å². The molecule has 15 aromatic rings. The van der Waals surface area contributed by atoms with Crippen molar-refractivity contribution in [2.24, 2.45) is 0 Å². The number of para-hydroxylation sites is 2. The van der Waals surface area contributed by atoms with Gasteiger partial charge in [0.25, 0.3) is 0 Å². The molecule has 0 amide bonds. The third-order valence-electron chi connectivity index (χ3n) is 18.7. The Morgan fingerprint density at radius 1 is 0.207 bits per heavy atom. The maximum atomic E-state index is 2.46. The van der Waals surface area contributed by atoms with Gasteiger partial charge in [0.1, 0.15) is 0 Å². The lowest BCUT2D eigenvalue weighted by Crippen LogP contribution is -2.28. The van der Waals surface area contributed by atoms with E-state index in [9.17, 15) is 0 Å². The highest BCUT2D eigenvalue weighted by atomic mass is 15.1. The van der Waals surface area contributed by atoms with Crippen LogP contribution in [-0.2, 0) is 5.41 Å². The van der Waals surface area contributed by atoms with E-state index in [1.54, 1.807) is 0 Å². The molecule has 0 unspecified atom stereocenters. The molecule has 434 valence electrons. The predicted molar refractivity (Wildman–Crippen MR) is 388 cm³/mol. The smallest absolute Gasteiger partial charge is 0.0714 e. The quantitative estimate of drug-likeness (QED) is 0.107. The summed E-state index contributed by atoms with van der Waals surface area (Å²) < 4.78 is 0. The van der Waals surface area contributed by atoms with Gasteiger partial charge in [-0.05, 0) is 214 Å². The fraction of sp³-hybridized carbons (Fsp3) is 0.0222. The Balaban J connectivity index is 0.783. The molecule has 0 bridgehead atoms. The third kappa shape index (κ3) is 9.96. The summed E-state index contributed by atoms with van der Waals surface area (Å²) in [6.07, 6.45) is 0. The van der Waals surface area contributed by atoms with E-state index in [4.69, 9.17) is 0 Å². The topological polar surface area (TPSA) is 6.48 Å². The average molecular weight is 1170 g/mol. The molecule has 15 aromatic carbocycles. The van der Waals surface area contributed by atoms with Crippen LogP contribution in [0.2, 0.25) is 0 Å². The van der Waals surface area contributed by atoms with Crippen LogP contribution in [0, 0.1) is 6.92 Å². The van der Waals surface area contributed by atoms with E-state index < -0.39 is 5.41 Å². The molecule has 0 radical (unpaired) electrons. The van der Waals surface area contributed by atoms with Gasteiger partial charge in [-0.25, -0.2) is 0 Å². The van der Waals surface area contributed by atoms with Crippen LogP contribution in [0.25, 0.3) is 88.7 Å². The number of nitrogens with zero attached hydrogens (tertiary/aromatic N) is 2. The van der Waals surface area contributed by atoms with E-state index in [2.05, 4.69) is 387 Å². The minimum atomic E-state index is -0.537. The van der Waals surface area contributed by atoms with Crippen molar-refractivity contribution >= 4 is 44.9 Å². The van der Waals surface area contributed by atoms with Gasteiger partial charge in [-0.15, -0.1) is 0 Å². The first-order valence-electron chi connectivity index (χ1n) is 31.8. The van der Waals surface area contributed by atoms with Crippen LogP contribution in [0.4, 0.5) is 34.1 Å². The SMILES string of the molecule is Cc1cccc2c1-c1ccc(N(c3ccccc3)c3ccc(-c4cc(-c5ccccc5)c(-c5ccc(N(c6ccccc6)c6ccc(-c7ccccc7-c7ccc8ccccc8c7)cc6)cc5)cc4-c4ccccc4)cc3)cc1C2(c1ccccc1)c1ccccc1. The van der Waals surface area contributed by atoms with Crippen LogP contribution >= 0.6 is 0 Å². The van der Waals surface area contributed by atoms with E-state index in [1.165, 1.54) is 72.0 Å². The zero-order chi connectivity index (χ0) is 61.4. The molecule has 0 N–H and O–H groups in total. The van der Waals surface area contributed by atoms with Gasteiger partial charge in [-0.1, -0.05) is 279 Å². The van der Waals surface area contributed by atoms with E-state index in [0.717, 1.165) is 78.6 Å². The van der Waals surface area contributed by atoms with Crippen molar-refractivity contribution < 1.29 is 0 Å². The Kier molecular flexibility index (Phi) is 14.4. The second-order valence-corrected chi connectivity index (χ2v) is 24.0. The highest BCUT2D eigenvalue weighted by Gasteiger charge is 2.47. The predicted octanol–water partition coefficient (Wildman–Crippen LogP) is 24.5. The number of hydrogen-bond donors (Lipinski definition) is 0. The first-order valence-corrected chi connectivity index (χ1v) is 31.8. The Morgan fingerprint density at radius 3 is 1.05 bits per heavy atom. The number of benzene rings is 15. The van der Waals surface area contributed by atoms with Gasteiger partial charge < -0.3 is 9.80 Å². The minimum absolute atomic E-state index is 0.537. The summed E-state index contributed by atoms with van der Waals surface area (Å²) in [7, 11) is 0. The Bertz CT molecular complexity index is 5070. The Labute approximate surface area is 539 Å². The summed E-state index contributed by atoms with van der Waals surface area (Å²) in [5.74, 6) is 0. The molecule has 0 fully saturated rings. The zero-order valence-corrected chi connectivity index (χ0v) is 51.1. The summed E-state index contributed by atoms with van der Waals surface area (Å²) in [5, 5.41) is 2.48. The van der Waals surface area contributed by atoms with E-state index in [-0.39, 0.29) is 0 Å². The molecular formula is C90H64N2. The van der Waals surface area contributed by atoms with E-state index in [1.807, 2.05) is 0 Å². The Hall–Kier alpha value is -11.8. The maximum Gasteiger partial charge on any atom is 0.0714 e. The van der Waals surface area contributed by atoms with Gasteiger partial charge in [0.15, 0.2) is 0 Å². The first-order chi connectivity index (χ1) is 45.5. The lowest BCUT2D eigenvalue weighted by molar-refractivity contribution is 0.768. The molecular weight excluding hydrogens is 1110 g/mol. The standard InChI is InChI=1S/C90H64N2/c1-63-25-24-42-87-89(63)82-58-57-79(60-88(82)90(87,72-32-12-4-13-33-72)73-34-14-5-15-35-73)92(75-38-18-7-19-39-75)78-55-49-69(50-56-78)86-62-83(65-27-8-2-9-28-65)85(61-84(86)66-29-10-3-11-30-66)68-47-53-77(54-48-68)91(74-36-16-6-17-37-74)76-51-45-67(46-52-76)80-40-22-23-41-81(80)71-44-43-64-26-20-21-31-70(64)59-71/h2-62H,1H3. The lowest BCUT2D eigenvalue weighted by Gasteiger charge is -2.35. The summed E-state index contributed by atoms with van der Waals surface area (Å²) in [4.78, 5) is 4.78. The number of aryl methyl sites for hydroxylation is 1. The highest BCUT2D eigenvalue weighted by Crippen LogP contribution is 2.58. The molecule has 16 rings (SSSR count). The van der Waals surface area contributed by atoms with Crippen molar-refractivity contribution in [3.05, 3.63) is 398 Å². The largest absolute Gasteiger partial charge is 0.311 e. The van der Waals surface area contributed by atoms with Crippen molar-refractivity contribution in [1.82, 2.24) is 0 Å². The molecule has 0 aliphatic heterocycles. The van der Waals surface area contributed by atoms with Gasteiger partial charge in [0.05, 0.1) is 5.41 Å². The molecule has 0 spiro atoms. The third-order valence-corrected chi connectivity index (χ3v) is 18.7. The fourth-order valence-corrected chi connectivity index (χ4v) is 14.4. The van der Waals surface area contributed by atoms with Crippen LogP contribution in [0.1, 0.15) is 27.8 Å². The number of anilines is 6. The molecule has 1 aliphatic carbocycles. The molecule has 0 aromatic heterocycles. The second kappa shape index (κ2) is 23.9. The minimum Gasteiger partial charge on any atom is -0.311 e. The second-order valence-electron chi connectivity index (χ2n) is 24.0. The normalized spacial score (nSPS) is 12.1. The van der Waals surface area contributed by atoms with Gasteiger partial charge in [-0.3, -0.25) is 0 Å². The molecule has 1 aliphatic rings. The Morgan fingerprint density at radius 2 is 0.565 bits per heavy atom. The summed E-state index contributed by atoms with van der Waals surface area (Å²) in [6.45, 7) is 2.26. The fourth-order valence-electron chi connectivity index (χ4n) is 14.4. The molecule has 92 heavy (non-hydrogen) atoms. The van der Waals surface area contributed by atoms with Gasteiger partial charge in [0.2, 0.25) is 0 Å². The molecule has 0 heterocycles. The molecule has 2 heteroatoms. The van der Waals surface area contributed by atoms with E-state index >= 15 is 0 Å². The molecule has 0 saturated carbocycles. The molecule has 0 saturated heterocycles.